The van der Waals surface area contributed by atoms with E-state index in [4.69, 9.17) is 18.6 Å². The minimum Gasteiger partial charge on any atom is -0.493 e. The molecule has 1 aliphatic heterocycles. The van der Waals surface area contributed by atoms with E-state index in [1.807, 2.05) is 6.07 Å². The maximum Gasteiger partial charge on any atom is 0.416 e. The number of hydrogen-bond donors (Lipinski definition) is 0. The number of furan rings is 1. The third-order valence-corrected chi connectivity index (χ3v) is 6.04. The second-order valence-corrected chi connectivity index (χ2v) is 8.39. The lowest BCUT2D eigenvalue weighted by atomic mass is 9.92. The van der Waals surface area contributed by atoms with Crippen LogP contribution in [0.4, 0.5) is 13.2 Å². The summed E-state index contributed by atoms with van der Waals surface area (Å²) < 4.78 is 61.8. The number of carbonyl (C=O) groups excluding carboxylic acids is 1. The summed E-state index contributed by atoms with van der Waals surface area (Å²) in [5.74, 6) is 0.855. The van der Waals surface area contributed by atoms with Crippen molar-refractivity contribution in [2.45, 2.75) is 18.6 Å². The number of halogens is 4. The van der Waals surface area contributed by atoms with E-state index >= 15 is 0 Å². The van der Waals surface area contributed by atoms with Gasteiger partial charge < -0.3 is 23.5 Å². The van der Waals surface area contributed by atoms with Crippen LogP contribution < -0.4 is 14.2 Å². The third-order valence-electron chi connectivity index (χ3n) is 5.62. The predicted molar refractivity (Wildman–Crippen MR) is 120 cm³/mol. The van der Waals surface area contributed by atoms with Crippen molar-refractivity contribution in [2.24, 2.45) is 0 Å². The van der Waals surface area contributed by atoms with Gasteiger partial charge in [0.2, 0.25) is 0 Å². The molecule has 3 aromatic rings. The van der Waals surface area contributed by atoms with Crippen LogP contribution in [0.1, 0.15) is 33.3 Å². The molecule has 0 unspecified atom stereocenters. The van der Waals surface area contributed by atoms with Gasteiger partial charge in [0, 0.05) is 6.54 Å². The minimum atomic E-state index is -4.49. The Balaban J connectivity index is 1.69. The number of nitrogens with zero attached hydrogens (tertiary/aromatic N) is 1. The zero-order valence-electron chi connectivity index (χ0n) is 18.3. The molecule has 6 nitrogen and oxygen atoms in total. The molecule has 1 atom stereocenters. The number of rotatable bonds is 6. The van der Waals surface area contributed by atoms with Crippen LogP contribution in [0.5, 0.6) is 17.2 Å². The van der Waals surface area contributed by atoms with Gasteiger partial charge in [0.25, 0.3) is 5.91 Å². The van der Waals surface area contributed by atoms with E-state index < -0.39 is 17.8 Å². The summed E-state index contributed by atoms with van der Waals surface area (Å²) in [6.07, 6.45) is -3.95. The summed E-state index contributed by atoms with van der Waals surface area (Å²) in [5.41, 5.74) is 0.878. The SMILES string of the molecule is COc1cc2c(cc1OC)[C@H](COc1cccc(C(F)(F)F)c1)N(C(=O)c1ccc(Br)o1)CC2. The van der Waals surface area contributed by atoms with Gasteiger partial charge in [-0.25, -0.2) is 0 Å². The summed E-state index contributed by atoms with van der Waals surface area (Å²) in [6.45, 7) is 0.285. The fraction of sp³-hybridized carbons (Fsp3) is 0.292. The summed E-state index contributed by atoms with van der Waals surface area (Å²) in [7, 11) is 3.04. The Hall–Kier alpha value is -3.14. The summed E-state index contributed by atoms with van der Waals surface area (Å²) in [5, 5.41) is 0. The molecule has 0 spiro atoms. The lowest BCUT2D eigenvalue weighted by molar-refractivity contribution is -0.137. The molecule has 2 heterocycles. The normalized spacial score (nSPS) is 15.6. The average Bonchev–Trinajstić information content (AvgIpc) is 3.26. The van der Waals surface area contributed by atoms with Gasteiger partial charge in [-0.15, -0.1) is 0 Å². The second kappa shape index (κ2) is 9.61. The molecule has 2 aromatic carbocycles. The van der Waals surface area contributed by atoms with Crippen molar-refractivity contribution in [3.63, 3.8) is 0 Å². The molecule has 0 saturated heterocycles. The number of hydrogen-bond acceptors (Lipinski definition) is 5. The standard InChI is InChI=1S/C24H21BrF3NO5/c1-31-20-10-14-8-9-29(23(30)19-6-7-22(25)34-19)18(17(14)12-21(20)32-2)13-33-16-5-3-4-15(11-16)24(26,27)28/h3-7,10-12,18H,8-9,13H2,1-2H3/t18-/m0/s1. The van der Waals surface area contributed by atoms with E-state index in [9.17, 15) is 18.0 Å². The number of alkyl halides is 3. The first-order valence-electron chi connectivity index (χ1n) is 10.3. The Labute approximate surface area is 202 Å². The largest absolute Gasteiger partial charge is 0.493 e. The molecular formula is C24H21BrF3NO5. The monoisotopic (exact) mass is 539 g/mol. The highest BCUT2D eigenvalue weighted by Crippen LogP contribution is 2.39. The first-order valence-corrected chi connectivity index (χ1v) is 11.1. The van der Waals surface area contributed by atoms with E-state index in [-0.39, 0.29) is 24.0 Å². The molecule has 1 aliphatic rings. The smallest absolute Gasteiger partial charge is 0.416 e. The molecule has 1 amide bonds. The van der Waals surface area contributed by atoms with E-state index in [2.05, 4.69) is 15.9 Å². The van der Waals surface area contributed by atoms with Gasteiger partial charge in [-0.1, -0.05) is 6.07 Å². The van der Waals surface area contributed by atoms with E-state index in [0.29, 0.717) is 29.1 Å². The highest BCUT2D eigenvalue weighted by molar-refractivity contribution is 9.10. The molecule has 0 radical (unpaired) electrons. The lowest BCUT2D eigenvalue weighted by Crippen LogP contribution is -2.42. The first kappa shape index (κ1) is 24.0. The first-order chi connectivity index (χ1) is 16.2. The van der Waals surface area contributed by atoms with Gasteiger partial charge in [-0.2, -0.15) is 13.2 Å². The molecule has 0 fully saturated rings. The quantitative estimate of drug-likeness (QED) is 0.390. The van der Waals surface area contributed by atoms with Crippen LogP contribution in [0.3, 0.4) is 0 Å². The van der Waals surface area contributed by atoms with E-state index in [0.717, 1.165) is 23.3 Å². The van der Waals surface area contributed by atoms with Gasteiger partial charge >= 0.3 is 6.18 Å². The molecule has 0 bridgehead atoms. The Kier molecular flexibility index (Phi) is 6.79. The number of amides is 1. The van der Waals surface area contributed by atoms with Crippen LogP contribution in [-0.2, 0) is 12.6 Å². The van der Waals surface area contributed by atoms with Crippen LogP contribution >= 0.6 is 15.9 Å². The van der Waals surface area contributed by atoms with Crippen molar-refractivity contribution in [1.29, 1.82) is 0 Å². The predicted octanol–water partition coefficient (Wildman–Crippen LogP) is 5.90. The fourth-order valence-electron chi connectivity index (χ4n) is 3.96. The number of methoxy groups -OCH3 is 2. The minimum absolute atomic E-state index is 0.0515. The molecule has 180 valence electrons. The number of carbonyl (C=O) groups is 1. The zero-order chi connectivity index (χ0) is 24.5. The average molecular weight is 540 g/mol. The van der Waals surface area contributed by atoms with Gasteiger partial charge in [0.1, 0.15) is 12.4 Å². The van der Waals surface area contributed by atoms with E-state index in [1.54, 1.807) is 23.1 Å². The molecule has 0 aliphatic carbocycles. The Morgan fingerprint density at radius 2 is 1.85 bits per heavy atom. The zero-order valence-corrected chi connectivity index (χ0v) is 19.9. The van der Waals surface area contributed by atoms with Crippen molar-refractivity contribution in [1.82, 2.24) is 4.90 Å². The van der Waals surface area contributed by atoms with Crippen LogP contribution in [0, 0.1) is 0 Å². The van der Waals surface area contributed by atoms with Gasteiger partial charge in [0.05, 0.1) is 25.8 Å². The Morgan fingerprint density at radius 1 is 1.12 bits per heavy atom. The molecule has 34 heavy (non-hydrogen) atoms. The van der Waals surface area contributed by atoms with Crippen LogP contribution in [-0.4, -0.2) is 38.2 Å². The molecule has 10 heteroatoms. The topological polar surface area (TPSA) is 61.1 Å². The highest BCUT2D eigenvalue weighted by atomic mass is 79.9. The molecule has 0 saturated carbocycles. The van der Waals surface area contributed by atoms with Crippen molar-refractivity contribution in [3.8, 4) is 17.2 Å². The maximum absolute atomic E-state index is 13.3. The number of benzene rings is 2. The fourth-order valence-corrected chi connectivity index (χ4v) is 4.27. The van der Waals surface area contributed by atoms with Crippen molar-refractivity contribution < 1.29 is 36.6 Å². The van der Waals surface area contributed by atoms with E-state index in [1.165, 1.54) is 26.4 Å². The van der Waals surface area contributed by atoms with Gasteiger partial charge in [0.15, 0.2) is 21.9 Å². The van der Waals surface area contributed by atoms with Crippen molar-refractivity contribution in [3.05, 3.63) is 75.7 Å². The van der Waals surface area contributed by atoms with Crippen molar-refractivity contribution >= 4 is 21.8 Å². The van der Waals surface area contributed by atoms with Gasteiger partial charge in [-0.05, 0) is 75.9 Å². The molecular weight excluding hydrogens is 519 g/mol. The van der Waals surface area contributed by atoms with Crippen LogP contribution in [0.25, 0.3) is 0 Å². The maximum atomic E-state index is 13.3. The van der Waals surface area contributed by atoms with Crippen LogP contribution in [0.2, 0.25) is 0 Å². The Morgan fingerprint density at radius 3 is 2.50 bits per heavy atom. The number of ether oxygens (including phenoxy) is 3. The summed E-state index contributed by atoms with van der Waals surface area (Å²) in [6, 6.07) is 10.8. The third kappa shape index (κ3) is 4.86. The highest BCUT2D eigenvalue weighted by Gasteiger charge is 2.35. The van der Waals surface area contributed by atoms with Crippen molar-refractivity contribution in [2.75, 3.05) is 27.4 Å². The molecule has 4 rings (SSSR count). The molecule has 0 N–H and O–H groups in total. The van der Waals surface area contributed by atoms with Gasteiger partial charge in [-0.3, -0.25) is 4.79 Å². The molecule has 1 aromatic heterocycles. The lowest BCUT2D eigenvalue weighted by Gasteiger charge is -2.37. The summed E-state index contributed by atoms with van der Waals surface area (Å²) in [4.78, 5) is 14.8. The number of fused-ring (bicyclic) bond motifs is 1. The van der Waals surface area contributed by atoms with Crippen LogP contribution in [0.15, 0.2) is 57.6 Å². The Bertz CT molecular complexity index is 1190. The second-order valence-electron chi connectivity index (χ2n) is 7.61. The summed E-state index contributed by atoms with van der Waals surface area (Å²) >= 11 is 3.20.